The van der Waals surface area contributed by atoms with Crippen molar-refractivity contribution in [2.75, 3.05) is 11.9 Å². The van der Waals surface area contributed by atoms with Crippen molar-refractivity contribution in [1.82, 2.24) is 0 Å². The monoisotopic (exact) mass is 228 g/mol. The Hall–Kier alpha value is -1.49. The molecule has 2 nitrogen and oxygen atoms in total. The zero-order valence-corrected chi connectivity index (χ0v) is 10.7. The highest BCUT2D eigenvalue weighted by molar-refractivity contribution is 5.50. The average molecular weight is 228 g/mol. The Balaban J connectivity index is 2.12. The third kappa shape index (κ3) is 2.61. The predicted octanol–water partition coefficient (Wildman–Crippen LogP) is 3.57. The molecule has 0 aliphatic heterocycles. The fourth-order valence-corrected chi connectivity index (χ4v) is 2.83. The van der Waals surface area contributed by atoms with Crippen LogP contribution in [0.3, 0.4) is 0 Å². The molecule has 1 aromatic carbocycles. The highest BCUT2D eigenvalue weighted by atomic mass is 15.1. The number of nitrogens with zero attached hydrogens (tertiary/aromatic N) is 2. The van der Waals surface area contributed by atoms with Crippen LogP contribution in [0, 0.1) is 17.2 Å². The van der Waals surface area contributed by atoms with Crippen LogP contribution in [-0.2, 0) is 0 Å². The standard InChI is InChI=1S/C15H20N2/c1-12-5-3-4-6-15(12)17(2)14-9-7-13(11-16)8-10-14/h7-10,12,15H,3-6H2,1-2H3. The number of nitriles is 1. The molecule has 0 bridgehead atoms. The summed E-state index contributed by atoms with van der Waals surface area (Å²) in [6.45, 7) is 2.35. The maximum atomic E-state index is 8.79. The molecule has 17 heavy (non-hydrogen) atoms. The SMILES string of the molecule is CC1CCCCC1N(C)c1ccc(C#N)cc1. The smallest absolute Gasteiger partial charge is 0.0991 e. The van der Waals surface area contributed by atoms with Crippen LogP contribution < -0.4 is 4.90 Å². The van der Waals surface area contributed by atoms with Gasteiger partial charge in [-0.1, -0.05) is 19.8 Å². The quantitative estimate of drug-likeness (QED) is 0.773. The molecule has 1 aliphatic carbocycles. The van der Waals surface area contributed by atoms with Gasteiger partial charge in [-0.15, -0.1) is 0 Å². The van der Waals surface area contributed by atoms with Gasteiger partial charge in [-0.2, -0.15) is 5.26 Å². The second kappa shape index (κ2) is 5.23. The summed E-state index contributed by atoms with van der Waals surface area (Å²) in [6.07, 6.45) is 5.34. The minimum Gasteiger partial charge on any atom is -0.371 e. The maximum absolute atomic E-state index is 8.79. The van der Waals surface area contributed by atoms with Crippen molar-refractivity contribution in [3.8, 4) is 6.07 Å². The number of hydrogen-bond donors (Lipinski definition) is 0. The molecule has 1 fully saturated rings. The first-order valence-electron chi connectivity index (χ1n) is 6.45. The Morgan fingerprint density at radius 3 is 2.41 bits per heavy atom. The molecule has 90 valence electrons. The molecule has 0 radical (unpaired) electrons. The lowest BCUT2D eigenvalue weighted by molar-refractivity contribution is 0.321. The molecule has 0 amide bonds. The molecule has 1 aliphatic rings. The lowest BCUT2D eigenvalue weighted by atomic mass is 9.85. The van der Waals surface area contributed by atoms with E-state index in [1.54, 1.807) is 0 Å². The first-order chi connectivity index (χ1) is 8.22. The molecule has 2 unspecified atom stereocenters. The zero-order valence-electron chi connectivity index (χ0n) is 10.7. The van der Waals surface area contributed by atoms with Gasteiger partial charge in [0.2, 0.25) is 0 Å². The number of hydrogen-bond acceptors (Lipinski definition) is 2. The van der Waals surface area contributed by atoms with Gasteiger partial charge in [0, 0.05) is 18.8 Å². The van der Waals surface area contributed by atoms with E-state index >= 15 is 0 Å². The Kier molecular flexibility index (Phi) is 3.68. The Morgan fingerprint density at radius 1 is 1.18 bits per heavy atom. The van der Waals surface area contributed by atoms with Crippen molar-refractivity contribution in [2.24, 2.45) is 5.92 Å². The van der Waals surface area contributed by atoms with E-state index in [2.05, 4.69) is 37.1 Å². The van der Waals surface area contributed by atoms with Gasteiger partial charge in [0.05, 0.1) is 11.6 Å². The van der Waals surface area contributed by atoms with Crippen LogP contribution in [0.4, 0.5) is 5.69 Å². The van der Waals surface area contributed by atoms with Crippen LogP contribution in [0.1, 0.15) is 38.2 Å². The van der Waals surface area contributed by atoms with Gasteiger partial charge in [0.1, 0.15) is 0 Å². The molecule has 0 saturated heterocycles. The third-order valence-corrected chi connectivity index (χ3v) is 3.97. The predicted molar refractivity (Wildman–Crippen MR) is 71.0 cm³/mol. The molecule has 1 aromatic rings. The summed E-state index contributed by atoms with van der Waals surface area (Å²) >= 11 is 0. The fraction of sp³-hybridized carbons (Fsp3) is 0.533. The highest BCUT2D eigenvalue weighted by Gasteiger charge is 2.24. The summed E-state index contributed by atoms with van der Waals surface area (Å²) in [5, 5.41) is 8.79. The molecule has 2 rings (SSSR count). The van der Waals surface area contributed by atoms with Gasteiger partial charge in [-0.3, -0.25) is 0 Å². The maximum Gasteiger partial charge on any atom is 0.0991 e. The lowest BCUT2D eigenvalue weighted by Gasteiger charge is -2.37. The summed E-state index contributed by atoms with van der Waals surface area (Å²) < 4.78 is 0. The normalized spacial score (nSPS) is 24.1. The van der Waals surface area contributed by atoms with Gasteiger partial charge >= 0.3 is 0 Å². The van der Waals surface area contributed by atoms with Gasteiger partial charge in [0.15, 0.2) is 0 Å². The minimum absolute atomic E-state index is 0.650. The van der Waals surface area contributed by atoms with Crippen molar-refractivity contribution in [1.29, 1.82) is 5.26 Å². The molecule has 0 aromatic heterocycles. The van der Waals surface area contributed by atoms with E-state index in [1.807, 2.05) is 12.1 Å². The minimum atomic E-state index is 0.650. The Morgan fingerprint density at radius 2 is 1.82 bits per heavy atom. The van der Waals surface area contributed by atoms with Crippen molar-refractivity contribution < 1.29 is 0 Å². The Bertz CT molecular complexity index is 402. The van der Waals surface area contributed by atoms with Gasteiger partial charge in [-0.05, 0) is 43.0 Å². The van der Waals surface area contributed by atoms with Crippen molar-refractivity contribution >= 4 is 5.69 Å². The summed E-state index contributed by atoms with van der Waals surface area (Å²) in [6, 6.07) is 10.7. The zero-order chi connectivity index (χ0) is 12.3. The molecule has 0 heterocycles. The van der Waals surface area contributed by atoms with E-state index in [1.165, 1.54) is 31.4 Å². The van der Waals surface area contributed by atoms with Crippen LogP contribution >= 0.6 is 0 Å². The fourth-order valence-electron chi connectivity index (χ4n) is 2.83. The van der Waals surface area contributed by atoms with Crippen LogP contribution in [0.2, 0.25) is 0 Å². The lowest BCUT2D eigenvalue weighted by Crippen LogP contribution is -2.38. The van der Waals surface area contributed by atoms with E-state index in [0.29, 0.717) is 6.04 Å². The molecule has 2 heteroatoms. The highest BCUT2D eigenvalue weighted by Crippen LogP contribution is 2.30. The molecule has 0 N–H and O–H groups in total. The van der Waals surface area contributed by atoms with Crippen LogP contribution in [-0.4, -0.2) is 13.1 Å². The molecule has 0 spiro atoms. The van der Waals surface area contributed by atoms with Crippen LogP contribution in [0.15, 0.2) is 24.3 Å². The molecule has 1 saturated carbocycles. The third-order valence-electron chi connectivity index (χ3n) is 3.97. The van der Waals surface area contributed by atoms with Crippen molar-refractivity contribution in [3.05, 3.63) is 29.8 Å². The van der Waals surface area contributed by atoms with E-state index < -0.39 is 0 Å². The summed E-state index contributed by atoms with van der Waals surface area (Å²) in [5.74, 6) is 0.768. The first kappa shape index (κ1) is 12.0. The molecular weight excluding hydrogens is 208 g/mol. The van der Waals surface area contributed by atoms with Gasteiger partial charge < -0.3 is 4.90 Å². The number of benzene rings is 1. The Labute approximate surface area is 104 Å². The second-order valence-corrected chi connectivity index (χ2v) is 5.10. The van der Waals surface area contributed by atoms with E-state index in [-0.39, 0.29) is 0 Å². The first-order valence-corrected chi connectivity index (χ1v) is 6.45. The topological polar surface area (TPSA) is 27.0 Å². The summed E-state index contributed by atoms with van der Waals surface area (Å²) in [7, 11) is 2.17. The summed E-state index contributed by atoms with van der Waals surface area (Å²) in [4.78, 5) is 2.38. The van der Waals surface area contributed by atoms with Crippen LogP contribution in [0.25, 0.3) is 0 Å². The second-order valence-electron chi connectivity index (χ2n) is 5.10. The average Bonchev–Trinajstić information content (AvgIpc) is 2.39. The largest absolute Gasteiger partial charge is 0.371 e. The number of rotatable bonds is 2. The van der Waals surface area contributed by atoms with Gasteiger partial charge in [0.25, 0.3) is 0 Å². The summed E-state index contributed by atoms with van der Waals surface area (Å²) in [5.41, 5.74) is 1.96. The number of anilines is 1. The van der Waals surface area contributed by atoms with E-state index in [4.69, 9.17) is 5.26 Å². The van der Waals surface area contributed by atoms with E-state index in [0.717, 1.165) is 11.5 Å². The van der Waals surface area contributed by atoms with Crippen LogP contribution in [0.5, 0.6) is 0 Å². The van der Waals surface area contributed by atoms with Crippen molar-refractivity contribution in [2.45, 2.75) is 38.6 Å². The van der Waals surface area contributed by atoms with Gasteiger partial charge in [-0.25, -0.2) is 0 Å². The van der Waals surface area contributed by atoms with Crippen molar-refractivity contribution in [3.63, 3.8) is 0 Å². The molecule has 2 atom stereocenters. The van der Waals surface area contributed by atoms with E-state index in [9.17, 15) is 0 Å². The molecular formula is C15H20N2.